The van der Waals surface area contributed by atoms with Crippen LogP contribution in [-0.2, 0) is 14.8 Å². The number of hydrogen-bond acceptors (Lipinski definition) is 3. The first-order valence-corrected chi connectivity index (χ1v) is 6.01. The van der Waals surface area contributed by atoms with E-state index in [0.29, 0.717) is 11.4 Å². The lowest BCUT2D eigenvalue weighted by Crippen LogP contribution is -2.14. The molecule has 6 heteroatoms. The van der Waals surface area contributed by atoms with Gasteiger partial charge in [-0.15, -0.1) is 0 Å². The molecule has 0 aliphatic heterocycles. The molecule has 1 N–H and O–H groups in total. The summed E-state index contributed by atoms with van der Waals surface area (Å²) in [6, 6.07) is 6.39. The number of nitrogens with one attached hydrogen (secondary N) is 1. The molecule has 0 bridgehead atoms. The van der Waals surface area contributed by atoms with Gasteiger partial charge in [-0.05, 0) is 24.3 Å². The third kappa shape index (κ3) is 3.59. The lowest BCUT2D eigenvalue weighted by Gasteiger charge is -2.10. The molecule has 0 aliphatic rings. The van der Waals surface area contributed by atoms with Crippen molar-refractivity contribution in [2.75, 3.05) is 22.9 Å². The quantitative estimate of drug-likeness (QED) is 0.764. The van der Waals surface area contributed by atoms with E-state index >= 15 is 0 Å². The van der Waals surface area contributed by atoms with Gasteiger partial charge in [-0.3, -0.25) is 9.52 Å². The van der Waals surface area contributed by atoms with Crippen LogP contribution in [-0.4, -0.2) is 28.1 Å². The van der Waals surface area contributed by atoms with Crippen molar-refractivity contribution in [2.24, 2.45) is 0 Å². The first-order chi connectivity index (χ1) is 6.92. The molecular formula is C9H11N2O3S. The second kappa shape index (κ2) is 4.31. The molecular weight excluding hydrogens is 216 g/mol. The van der Waals surface area contributed by atoms with Crippen LogP contribution in [0.4, 0.5) is 11.4 Å². The van der Waals surface area contributed by atoms with E-state index in [2.05, 4.69) is 4.72 Å². The Morgan fingerprint density at radius 1 is 1.27 bits per heavy atom. The van der Waals surface area contributed by atoms with Crippen molar-refractivity contribution in [3.63, 3.8) is 0 Å². The Labute approximate surface area is 88.8 Å². The molecule has 0 fully saturated rings. The summed E-state index contributed by atoms with van der Waals surface area (Å²) in [4.78, 5) is 11.6. The molecule has 0 unspecified atom stereocenters. The van der Waals surface area contributed by atoms with Crippen molar-refractivity contribution in [3.8, 4) is 0 Å². The molecule has 1 rings (SSSR count). The SMILES string of the molecule is CN([C]=O)c1ccc(NS(C)(=O)=O)cc1. The maximum Gasteiger partial charge on any atom is 0.316 e. The van der Waals surface area contributed by atoms with Crippen LogP contribution in [0.1, 0.15) is 0 Å². The Balaban J connectivity index is 2.86. The molecule has 5 nitrogen and oxygen atoms in total. The third-order valence-electron chi connectivity index (χ3n) is 1.69. The molecule has 0 aromatic heterocycles. The summed E-state index contributed by atoms with van der Waals surface area (Å²) in [5, 5.41) is 0. The fourth-order valence-corrected chi connectivity index (χ4v) is 1.58. The molecule has 0 saturated carbocycles. The van der Waals surface area contributed by atoms with Gasteiger partial charge in [0, 0.05) is 18.4 Å². The van der Waals surface area contributed by atoms with Crippen LogP contribution < -0.4 is 9.62 Å². The summed E-state index contributed by atoms with van der Waals surface area (Å²) >= 11 is 0. The fourth-order valence-electron chi connectivity index (χ4n) is 1.02. The predicted octanol–water partition coefficient (Wildman–Crippen LogP) is 0.561. The predicted molar refractivity (Wildman–Crippen MR) is 59.0 cm³/mol. The van der Waals surface area contributed by atoms with E-state index in [0.717, 1.165) is 6.26 Å². The van der Waals surface area contributed by atoms with Crippen LogP contribution in [0.25, 0.3) is 0 Å². The number of rotatable bonds is 4. The number of benzene rings is 1. The minimum Gasteiger partial charge on any atom is -0.307 e. The average molecular weight is 227 g/mol. The summed E-state index contributed by atoms with van der Waals surface area (Å²) < 4.78 is 24.1. The van der Waals surface area contributed by atoms with Crippen LogP contribution in [0, 0.1) is 0 Å². The van der Waals surface area contributed by atoms with Crippen molar-refractivity contribution >= 4 is 27.8 Å². The van der Waals surface area contributed by atoms with E-state index in [1.54, 1.807) is 37.7 Å². The van der Waals surface area contributed by atoms with E-state index in [4.69, 9.17) is 0 Å². The first kappa shape index (κ1) is 11.5. The van der Waals surface area contributed by atoms with Gasteiger partial charge in [0.25, 0.3) is 0 Å². The van der Waals surface area contributed by atoms with Crippen molar-refractivity contribution in [1.82, 2.24) is 0 Å². The summed E-state index contributed by atoms with van der Waals surface area (Å²) in [5.41, 5.74) is 1.10. The van der Waals surface area contributed by atoms with Crippen molar-refractivity contribution < 1.29 is 13.2 Å². The minimum atomic E-state index is -3.26. The number of hydrogen-bond donors (Lipinski definition) is 1. The molecule has 0 saturated heterocycles. The Hall–Kier alpha value is -1.56. The van der Waals surface area contributed by atoms with Crippen LogP contribution in [0.5, 0.6) is 0 Å². The Bertz CT molecular complexity index is 439. The van der Waals surface area contributed by atoms with Gasteiger partial charge in [0.15, 0.2) is 0 Å². The first-order valence-electron chi connectivity index (χ1n) is 4.12. The molecule has 0 atom stereocenters. The van der Waals surface area contributed by atoms with Gasteiger partial charge >= 0.3 is 6.41 Å². The van der Waals surface area contributed by atoms with Gasteiger partial charge in [0.05, 0.1) is 6.26 Å². The van der Waals surface area contributed by atoms with Crippen LogP contribution in [0.3, 0.4) is 0 Å². The summed E-state index contributed by atoms with van der Waals surface area (Å²) in [5.74, 6) is 0. The van der Waals surface area contributed by atoms with Crippen LogP contribution in [0.2, 0.25) is 0 Å². The lowest BCUT2D eigenvalue weighted by molar-refractivity contribution is 0.554. The Kier molecular flexibility index (Phi) is 3.31. The molecule has 0 spiro atoms. The number of carbonyl (C=O) groups excluding carboxylic acids is 1. The normalized spacial score (nSPS) is 10.8. The largest absolute Gasteiger partial charge is 0.316 e. The van der Waals surface area contributed by atoms with Crippen LogP contribution >= 0.6 is 0 Å². The van der Waals surface area contributed by atoms with Gasteiger partial charge in [-0.2, -0.15) is 0 Å². The zero-order chi connectivity index (χ0) is 11.5. The van der Waals surface area contributed by atoms with Gasteiger partial charge < -0.3 is 4.90 Å². The number of sulfonamides is 1. The summed E-state index contributed by atoms with van der Waals surface area (Å²) in [7, 11) is -1.70. The fraction of sp³-hybridized carbons (Fsp3) is 0.222. The third-order valence-corrected chi connectivity index (χ3v) is 2.30. The van der Waals surface area contributed by atoms with Gasteiger partial charge in [0.1, 0.15) is 0 Å². The monoisotopic (exact) mass is 227 g/mol. The van der Waals surface area contributed by atoms with Gasteiger partial charge in [-0.1, -0.05) is 0 Å². The highest BCUT2D eigenvalue weighted by Gasteiger charge is 2.03. The second-order valence-corrected chi connectivity index (χ2v) is 4.82. The summed E-state index contributed by atoms with van der Waals surface area (Å²) in [6.45, 7) is 0. The molecule has 15 heavy (non-hydrogen) atoms. The van der Waals surface area contributed by atoms with E-state index in [1.165, 1.54) is 4.90 Å². The zero-order valence-electron chi connectivity index (χ0n) is 8.39. The molecule has 1 aromatic carbocycles. The smallest absolute Gasteiger partial charge is 0.307 e. The van der Waals surface area contributed by atoms with Crippen molar-refractivity contribution in [3.05, 3.63) is 24.3 Å². The number of nitrogens with zero attached hydrogens (tertiary/aromatic N) is 1. The van der Waals surface area contributed by atoms with E-state index < -0.39 is 10.0 Å². The van der Waals surface area contributed by atoms with Crippen LogP contribution in [0.15, 0.2) is 24.3 Å². The standard InChI is InChI=1S/C9H11N2O3S/c1-11(7-12)9-5-3-8(4-6-9)10-15(2,13)14/h3-6,10H,1-2H3. The Morgan fingerprint density at radius 2 is 1.80 bits per heavy atom. The van der Waals surface area contributed by atoms with E-state index in [1.807, 2.05) is 0 Å². The highest BCUT2D eigenvalue weighted by molar-refractivity contribution is 7.92. The minimum absolute atomic E-state index is 0.459. The number of anilines is 2. The molecule has 1 aromatic rings. The molecule has 0 aliphatic carbocycles. The van der Waals surface area contributed by atoms with E-state index in [-0.39, 0.29) is 0 Å². The zero-order valence-corrected chi connectivity index (χ0v) is 9.21. The second-order valence-electron chi connectivity index (χ2n) is 3.07. The molecule has 0 heterocycles. The highest BCUT2D eigenvalue weighted by atomic mass is 32.2. The van der Waals surface area contributed by atoms with Gasteiger partial charge in [0.2, 0.25) is 10.0 Å². The molecule has 1 amide bonds. The topological polar surface area (TPSA) is 66.5 Å². The van der Waals surface area contributed by atoms with Crippen molar-refractivity contribution in [2.45, 2.75) is 0 Å². The van der Waals surface area contributed by atoms with Gasteiger partial charge in [-0.25, -0.2) is 8.42 Å². The Morgan fingerprint density at radius 3 is 2.20 bits per heavy atom. The molecule has 81 valence electrons. The summed E-state index contributed by atoms with van der Waals surface area (Å²) in [6.07, 6.45) is 2.77. The number of amides is 1. The van der Waals surface area contributed by atoms with Crippen molar-refractivity contribution in [1.29, 1.82) is 0 Å². The maximum absolute atomic E-state index is 10.9. The van der Waals surface area contributed by atoms with E-state index in [9.17, 15) is 13.2 Å². The molecule has 1 radical (unpaired) electrons. The highest BCUT2D eigenvalue weighted by Crippen LogP contribution is 2.16. The maximum atomic E-state index is 10.9. The lowest BCUT2D eigenvalue weighted by atomic mass is 10.3. The average Bonchev–Trinajstić information content (AvgIpc) is 2.15.